The molecule has 1 amide bonds. The predicted molar refractivity (Wildman–Crippen MR) is 118 cm³/mol. The summed E-state index contributed by atoms with van der Waals surface area (Å²) in [5, 5.41) is 11.6. The van der Waals surface area contributed by atoms with Gasteiger partial charge in [-0.05, 0) is 30.7 Å². The molecule has 0 spiro atoms. The smallest absolute Gasteiger partial charge is 0.230 e. The maximum atomic E-state index is 13.9. The minimum atomic E-state index is -3.07. The number of hydrogen-bond acceptors (Lipinski definition) is 7. The Kier molecular flexibility index (Phi) is 6.75. The zero-order chi connectivity index (χ0) is 22.6. The van der Waals surface area contributed by atoms with E-state index < -0.39 is 15.7 Å². The highest BCUT2D eigenvalue weighted by Gasteiger charge is 2.29. The Balaban J connectivity index is 1.47. The molecule has 32 heavy (non-hydrogen) atoms. The van der Waals surface area contributed by atoms with Gasteiger partial charge in [-0.25, -0.2) is 12.8 Å². The third kappa shape index (κ3) is 5.46. The standard InChI is InChI=1S/C21H21FN4O4S2/c22-17-8-4-5-9-18(17)30-12-19-24-25-21(26(19)16-6-2-1-3-7-16)31-13-20(27)23-15-10-11-32(28,29)14-15/h1-9,15H,10-14H2,(H,23,27). The topological polar surface area (TPSA) is 103 Å². The van der Waals surface area contributed by atoms with Crippen LogP contribution in [0.25, 0.3) is 5.69 Å². The summed E-state index contributed by atoms with van der Waals surface area (Å²) >= 11 is 1.18. The summed E-state index contributed by atoms with van der Waals surface area (Å²) < 4.78 is 44.4. The van der Waals surface area contributed by atoms with Crippen LogP contribution in [0.5, 0.6) is 5.75 Å². The van der Waals surface area contributed by atoms with Gasteiger partial charge in [0.2, 0.25) is 5.91 Å². The number of amides is 1. The molecule has 2 aromatic carbocycles. The molecule has 168 valence electrons. The van der Waals surface area contributed by atoms with Crippen molar-refractivity contribution < 1.29 is 22.3 Å². The highest BCUT2D eigenvalue weighted by atomic mass is 32.2. The van der Waals surface area contributed by atoms with E-state index in [1.807, 2.05) is 30.3 Å². The first-order chi connectivity index (χ1) is 15.4. The van der Waals surface area contributed by atoms with E-state index >= 15 is 0 Å². The summed E-state index contributed by atoms with van der Waals surface area (Å²) in [7, 11) is -3.07. The molecule has 2 heterocycles. The third-order valence-corrected chi connectivity index (χ3v) is 7.54. The Morgan fingerprint density at radius 1 is 1.16 bits per heavy atom. The molecule has 1 fully saturated rings. The largest absolute Gasteiger partial charge is 0.483 e. The van der Waals surface area contributed by atoms with Crippen LogP contribution < -0.4 is 10.1 Å². The molecule has 0 radical (unpaired) electrons. The molecule has 0 aliphatic carbocycles. The molecule has 1 unspecified atom stereocenters. The van der Waals surface area contributed by atoms with Crippen molar-refractivity contribution >= 4 is 27.5 Å². The van der Waals surface area contributed by atoms with Crippen molar-refractivity contribution in [2.24, 2.45) is 0 Å². The summed E-state index contributed by atoms with van der Waals surface area (Å²) in [6, 6.07) is 15.1. The molecule has 8 nitrogen and oxygen atoms in total. The van der Waals surface area contributed by atoms with E-state index in [-0.39, 0.29) is 41.6 Å². The highest BCUT2D eigenvalue weighted by molar-refractivity contribution is 7.99. The predicted octanol–water partition coefficient (Wildman–Crippen LogP) is 2.38. The van der Waals surface area contributed by atoms with Crippen molar-refractivity contribution in [1.82, 2.24) is 20.1 Å². The number of nitrogens with zero attached hydrogens (tertiary/aromatic N) is 3. The summed E-state index contributed by atoms with van der Waals surface area (Å²) in [5.41, 5.74) is 0.773. The molecule has 1 atom stereocenters. The van der Waals surface area contributed by atoms with Crippen LogP contribution in [0.2, 0.25) is 0 Å². The van der Waals surface area contributed by atoms with Crippen LogP contribution in [0.4, 0.5) is 4.39 Å². The van der Waals surface area contributed by atoms with Crippen molar-refractivity contribution in [1.29, 1.82) is 0 Å². The first kappa shape index (κ1) is 22.3. The molecule has 0 saturated carbocycles. The molecule has 1 aliphatic rings. The minimum Gasteiger partial charge on any atom is -0.483 e. The van der Waals surface area contributed by atoms with Gasteiger partial charge in [-0.15, -0.1) is 10.2 Å². The number of carbonyl (C=O) groups is 1. The van der Waals surface area contributed by atoms with Gasteiger partial charge in [0.05, 0.1) is 17.3 Å². The van der Waals surface area contributed by atoms with Gasteiger partial charge in [-0.1, -0.05) is 42.1 Å². The summed E-state index contributed by atoms with van der Waals surface area (Å²) in [6.07, 6.45) is 0.427. The van der Waals surface area contributed by atoms with Crippen molar-refractivity contribution in [3.8, 4) is 11.4 Å². The molecular weight excluding hydrogens is 455 g/mol. The van der Waals surface area contributed by atoms with Gasteiger partial charge in [-0.2, -0.15) is 0 Å². The number of halogens is 1. The van der Waals surface area contributed by atoms with Crippen molar-refractivity contribution in [2.75, 3.05) is 17.3 Å². The number of ether oxygens (including phenoxy) is 1. The van der Waals surface area contributed by atoms with Crippen LogP contribution in [-0.2, 0) is 21.2 Å². The summed E-state index contributed by atoms with van der Waals surface area (Å²) in [5.74, 6) is -0.0721. The SMILES string of the molecule is O=C(CSc1nnc(COc2ccccc2F)n1-c1ccccc1)NC1CCS(=O)(=O)C1. The maximum absolute atomic E-state index is 13.9. The number of thioether (sulfide) groups is 1. The molecule has 1 saturated heterocycles. The summed E-state index contributed by atoms with van der Waals surface area (Å²) in [4.78, 5) is 12.3. The van der Waals surface area contributed by atoms with E-state index in [2.05, 4.69) is 15.5 Å². The molecular formula is C21H21FN4O4S2. The quantitative estimate of drug-likeness (QED) is 0.498. The van der Waals surface area contributed by atoms with Gasteiger partial charge < -0.3 is 10.1 Å². The zero-order valence-electron chi connectivity index (χ0n) is 17.0. The van der Waals surface area contributed by atoms with E-state index in [0.29, 0.717) is 17.4 Å². The number of para-hydroxylation sites is 2. The highest BCUT2D eigenvalue weighted by Crippen LogP contribution is 2.24. The second kappa shape index (κ2) is 9.70. The van der Waals surface area contributed by atoms with Crippen LogP contribution in [0.3, 0.4) is 0 Å². The van der Waals surface area contributed by atoms with E-state index in [1.54, 1.807) is 16.7 Å². The van der Waals surface area contributed by atoms with Gasteiger partial charge in [0.25, 0.3) is 0 Å². The maximum Gasteiger partial charge on any atom is 0.230 e. The van der Waals surface area contributed by atoms with Gasteiger partial charge in [0, 0.05) is 11.7 Å². The molecule has 1 aliphatic heterocycles. The lowest BCUT2D eigenvalue weighted by atomic mass is 10.3. The fraction of sp³-hybridized carbons (Fsp3) is 0.286. The zero-order valence-corrected chi connectivity index (χ0v) is 18.6. The lowest BCUT2D eigenvalue weighted by Crippen LogP contribution is -2.36. The first-order valence-corrected chi connectivity index (χ1v) is 12.7. The van der Waals surface area contributed by atoms with E-state index in [0.717, 1.165) is 5.69 Å². The molecule has 11 heteroatoms. The fourth-order valence-electron chi connectivity index (χ4n) is 3.34. The van der Waals surface area contributed by atoms with Gasteiger partial charge in [-0.3, -0.25) is 9.36 Å². The fourth-order valence-corrected chi connectivity index (χ4v) is 5.79. The second-order valence-corrected chi connectivity index (χ2v) is 10.4. The Morgan fingerprint density at radius 3 is 2.62 bits per heavy atom. The monoisotopic (exact) mass is 476 g/mol. The van der Waals surface area contributed by atoms with Gasteiger partial charge in [0.1, 0.15) is 6.61 Å². The second-order valence-electron chi connectivity index (χ2n) is 7.25. The van der Waals surface area contributed by atoms with Crippen LogP contribution >= 0.6 is 11.8 Å². The lowest BCUT2D eigenvalue weighted by Gasteiger charge is -2.12. The van der Waals surface area contributed by atoms with Crippen molar-refractivity contribution in [2.45, 2.75) is 24.2 Å². The average Bonchev–Trinajstić information content (AvgIpc) is 3.34. The van der Waals surface area contributed by atoms with Crippen LogP contribution in [0, 0.1) is 5.82 Å². The molecule has 1 N–H and O–H groups in total. The van der Waals surface area contributed by atoms with E-state index in [9.17, 15) is 17.6 Å². The average molecular weight is 477 g/mol. The Morgan fingerprint density at radius 2 is 1.91 bits per heavy atom. The van der Waals surface area contributed by atoms with E-state index in [4.69, 9.17) is 4.74 Å². The third-order valence-electron chi connectivity index (χ3n) is 4.84. The van der Waals surface area contributed by atoms with Crippen molar-refractivity contribution in [3.63, 3.8) is 0 Å². The normalized spacial score (nSPS) is 17.2. The number of rotatable bonds is 8. The Bertz CT molecular complexity index is 1200. The number of aromatic nitrogens is 3. The number of benzene rings is 2. The van der Waals surface area contributed by atoms with E-state index in [1.165, 1.54) is 23.9 Å². The lowest BCUT2D eigenvalue weighted by molar-refractivity contribution is -0.119. The molecule has 4 rings (SSSR count). The number of nitrogens with one attached hydrogen (secondary N) is 1. The van der Waals surface area contributed by atoms with Crippen molar-refractivity contribution in [3.05, 3.63) is 66.2 Å². The molecule has 3 aromatic rings. The van der Waals surface area contributed by atoms with Crippen LogP contribution in [0.1, 0.15) is 12.2 Å². The van der Waals surface area contributed by atoms with Gasteiger partial charge in [0.15, 0.2) is 32.4 Å². The molecule has 1 aromatic heterocycles. The molecule has 0 bridgehead atoms. The Hall–Kier alpha value is -2.92. The number of sulfone groups is 1. The van der Waals surface area contributed by atoms with Crippen LogP contribution in [0.15, 0.2) is 59.8 Å². The summed E-state index contributed by atoms with van der Waals surface area (Å²) in [6.45, 7) is -0.0183. The minimum absolute atomic E-state index is 0.0183. The number of hydrogen-bond donors (Lipinski definition) is 1. The van der Waals surface area contributed by atoms with Crippen LogP contribution in [-0.4, -0.2) is 52.4 Å². The number of carbonyl (C=O) groups excluding carboxylic acids is 1. The van der Waals surface area contributed by atoms with Gasteiger partial charge >= 0.3 is 0 Å². The Labute approximate surface area is 189 Å². The first-order valence-electron chi connectivity index (χ1n) is 9.91.